The van der Waals surface area contributed by atoms with Crippen LogP contribution in [0, 0.1) is 0 Å². The number of halogens is 1. The maximum Gasteiger partial charge on any atom is 0.347 e. The molecular formula is C31H48INO10. The fourth-order valence-corrected chi connectivity index (χ4v) is 4.34. The first-order valence-electron chi connectivity index (χ1n) is 15.1. The van der Waals surface area contributed by atoms with E-state index < -0.39 is 5.63 Å². The second-order valence-electron chi connectivity index (χ2n) is 9.34. The zero-order valence-electron chi connectivity index (χ0n) is 25.7. The number of carbonyl (C=O) groups is 1. The average molecular weight is 722 g/mol. The summed E-state index contributed by atoms with van der Waals surface area (Å²) in [6.45, 7) is 13.1. The van der Waals surface area contributed by atoms with Gasteiger partial charge >= 0.3 is 5.63 Å². The van der Waals surface area contributed by atoms with E-state index in [0.717, 1.165) is 35.2 Å². The van der Waals surface area contributed by atoms with Gasteiger partial charge < -0.3 is 42.5 Å². The Labute approximate surface area is 268 Å². The van der Waals surface area contributed by atoms with Crippen molar-refractivity contribution in [2.24, 2.45) is 0 Å². The second kappa shape index (κ2) is 24.6. The molecule has 2 aromatic rings. The van der Waals surface area contributed by atoms with Gasteiger partial charge in [-0.1, -0.05) is 22.6 Å². The Morgan fingerprint density at radius 1 is 0.698 bits per heavy atom. The molecule has 1 aromatic carbocycles. The molecule has 0 aliphatic heterocycles. The summed E-state index contributed by atoms with van der Waals surface area (Å²) >= 11 is 2.27. The number of carbonyl (C=O) groups excluding carboxylic acids is 1. The number of Topliss-reactive ketones (excluding diaryl/α,β-unsaturated/α-hetero) is 1. The molecule has 0 spiro atoms. The molecule has 0 radical (unpaired) electrons. The molecule has 1 aromatic heterocycles. The first kappa shape index (κ1) is 37.5. The molecule has 0 bridgehead atoms. The van der Waals surface area contributed by atoms with Gasteiger partial charge in [-0.2, -0.15) is 0 Å². The van der Waals surface area contributed by atoms with Crippen molar-refractivity contribution in [3.63, 3.8) is 0 Å². The van der Waals surface area contributed by atoms with E-state index in [0.29, 0.717) is 97.9 Å². The molecule has 43 heavy (non-hydrogen) atoms. The molecule has 12 heteroatoms. The fraction of sp³-hybridized carbons (Fsp3) is 0.677. The Hall–Kier alpha value is -1.65. The summed E-state index contributed by atoms with van der Waals surface area (Å²) in [6, 6.07) is 7.33. The number of hydrogen-bond donors (Lipinski definition) is 0. The van der Waals surface area contributed by atoms with Crippen LogP contribution in [0.5, 0.6) is 0 Å². The standard InChI is InChI=1S/C31H48INO10/c1-3-33(4-2)27-8-7-26-24-28(31(35)43-30(26)25-27)29(34)6-5-10-36-12-14-38-16-18-40-20-22-42-23-21-41-19-17-39-15-13-37-11-9-32/h7-8,24-25H,3-6,9-23H2,1-2H3. The van der Waals surface area contributed by atoms with E-state index in [1.54, 1.807) is 6.07 Å². The quantitative estimate of drug-likeness (QED) is 0.0415. The maximum atomic E-state index is 12.6. The molecule has 1 heterocycles. The van der Waals surface area contributed by atoms with E-state index in [1.807, 2.05) is 18.2 Å². The largest absolute Gasteiger partial charge is 0.422 e. The van der Waals surface area contributed by atoms with Crippen molar-refractivity contribution in [2.45, 2.75) is 26.7 Å². The van der Waals surface area contributed by atoms with Gasteiger partial charge in [0.2, 0.25) is 0 Å². The van der Waals surface area contributed by atoms with Crippen molar-refractivity contribution >= 4 is 45.0 Å². The van der Waals surface area contributed by atoms with Crippen LogP contribution < -0.4 is 10.5 Å². The SMILES string of the molecule is CCN(CC)c1ccc2cc(C(=O)CCCOCCOCCOCCOCCOCCOCCOCCI)c(=O)oc2c1. The van der Waals surface area contributed by atoms with E-state index >= 15 is 0 Å². The van der Waals surface area contributed by atoms with Gasteiger partial charge in [0.15, 0.2) is 5.78 Å². The van der Waals surface area contributed by atoms with Gasteiger partial charge in [0.25, 0.3) is 0 Å². The molecule has 0 aliphatic rings. The fourth-order valence-electron chi connectivity index (χ4n) is 4.03. The summed E-state index contributed by atoms with van der Waals surface area (Å²) in [5, 5.41) is 0.732. The normalized spacial score (nSPS) is 11.4. The number of alkyl halides is 1. The minimum Gasteiger partial charge on any atom is -0.422 e. The lowest BCUT2D eigenvalue weighted by Crippen LogP contribution is -2.21. The maximum absolute atomic E-state index is 12.6. The summed E-state index contributed by atoms with van der Waals surface area (Å²) in [4.78, 5) is 27.2. The number of ketones is 1. The molecule has 0 aliphatic carbocycles. The Bertz CT molecular complexity index is 1060. The number of rotatable bonds is 28. The van der Waals surface area contributed by atoms with Gasteiger partial charge in [0, 0.05) is 47.7 Å². The summed E-state index contributed by atoms with van der Waals surface area (Å²) in [5.74, 6) is -0.245. The van der Waals surface area contributed by atoms with Crippen molar-refractivity contribution in [3.8, 4) is 0 Å². The van der Waals surface area contributed by atoms with Crippen molar-refractivity contribution in [2.75, 3.05) is 115 Å². The van der Waals surface area contributed by atoms with Crippen molar-refractivity contribution in [3.05, 3.63) is 40.2 Å². The molecule has 0 unspecified atom stereocenters. The minimum atomic E-state index is -0.604. The minimum absolute atomic E-state index is 0.0788. The van der Waals surface area contributed by atoms with E-state index in [2.05, 4.69) is 41.3 Å². The Morgan fingerprint density at radius 3 is 1.63 bits per heavy atom. The molecular weight excluding hydrogens is 673 g/mol. The number of anilines is 1. The molecule has 2 rings (SSSR count). The molecule has 11 nitrogen and oxygen atoms in total. The third-order valence-corrected chi connectivity index (χ3v) is 6.74. The smallest absolute Gasteiger partial charge is 0.347 e. The van der Waals surface area contributed by atoms with Gasteiger partial charge in [0.05, 0.1) is 85.9 Å². The summed E-state index contributed by atoms with van der Waals surface area (Å²) < 4.78 is 44.6. The lowest BCUT2D eigenvalue weighted by molar-refractivity contribution is -0.0200. The van der Waals surface area contributed by atoms with Crippen LogP contribution >= 0.6 is 22.6 Å². The molecule has 0 fully saturated rings. The third-order valence-electron chi connectivity index (χ3n) is 6.29. The number of benzene rings is 1. The van der Waals surface area contributed by atoms with Crippen LogP contribution in [-0.2, 0) is 33.2 Å². The lowest BCUT2D eigenvalue weighted by atomic mass is 10.1. The van der Waals surface area contributed by atoms with Crippen molar-refractivity contribution in [1.82, 2.24) is 0 Å². The highest BCUT2D eigenvalue weighted by Gasteiger charge is 2.14. The van der Waals surface area contributed by atoms with Gasteiger partial charge in [-0.15, -0.1) is 0 Å². The number of ether oxygens (including phenoxy) is 7. The monoisotopic (exact) mass is 721 g/mol. The molecule has 0 amide bonds. The van der Waals surface area contributed by atoms with Crippen LogP contribution in [0.3, 0.4) is 0 Å². The van der Waals surface area contributed by atoms with Crippen LogP contribution in [0.4, 0.5) is 5.69 Å². The number of nitrogens with zero attached hydrogens (tertiary/aromatic N) is 1. The van der Waals surface area contributed by atoms with Gasteiger partial charge in [-0.25, -0.2) is 4.79 Å². The van der Waals surface area contributed by atoms with Gasteiger partial charge in [0.1, 0.15) is 11.1 Å². The van der Waals surface area contributed by atoms with Gasteiger partial charge in [-0.3, -0.25) is 4.79 Å². The molecule has 0 saturated carbocycles. The first-order valence-corrected chi connectivity index (χ1v) is 16.6. The predicted octanol–water partition coefficient (Wildman–Crippen LogP) is 4.15. The zero-order chi connectivity index (χ0) is 31.0. The van der Waals surface area contributed by atoms with Crippen LogP contribution in [0.15, 0.2) is 33.5 Å². The summed E-state index contributed by atoms with van der Waals surface area (Å²) in [5.41, 5.74) is 0.941. The second-order valence-corrected chi connectivity index (χ2v) is 10.4. The Balaban J connectivity index is 1.41. The third kappa shape index (κ3) is 16.3. The number of fused-ring (bicyclic) bond motifs is 1. The molecule has 244 valence electrons. The summed E-state index contributed by atoms with van der Waals surface area (Å²) in [6.07, 6.45) is 0.716. The average Bonchev–Trinajstić information content (AvgIpc) is 3.01. The zero-order valence-corrected chi connectivity index (χ0v) is 27.8. The van der Waals surface area contributed by atoms with Crippen LogP contribution in [-0.4, -0.2) is 116 Å². The van der Waals surface area contributed by atoms with E-state index in [9.17, 15) is 9.59 Å². The highest BCUT2D eigenvalue weighted by Crippen LogP contribution is 2.22. The molecule has 0 atom stereocenters. The summed E-state index contributed by atoms with van der Waals surface area (Å²) in [7, 11) is 0. The van der Waals surface area contributed by atoms with Crippen molar-refractivity contribution in [1.29, 1.82) is 0 Å². The Morgan fingerprint density at radius 2 is 1.16 bits per heavy atom. The van der Waals surface area contributed by atoms with Crippen LogP contribution in [0.1, 0.15) is 37.0 Å². The lowest BCUT2D eigenvalue weighted by Gasteiger charge is -2.20. The van der Waals surface area contributed by atoms with Gasteiger partial charge in [-0.05, 0) is 38.5 Å². The van der Waals surface area contributed by atoms with Crippen LogP contribution in [0.25, 0.3) is 11.0 Å². The van der Waals surface area contributed by atoms with E-state index in [4.69, 9.17) is 37.6 Å². The molecule has 0 saturated heterocycles. The molecule has 0 N–H and O–H groups in total. The predicted molar refractivity (Wildman–Crippen MR) is 174 cm³/mol. The van der Waals surface area contributed by atoms with E-state index in [-0.39, 0.29) is 17.8 Å². The number of hydrogen-bond acceptors (Lipinski definition) is 11. The van der Waals surface area contributed by atoms with Crippen molar-refractivity contribution < 1.29 is 42.4 Å². The Kier molecular flexibility index (Phi) is 21.5. The highest BCUT2D eigenvalue weighted by atomic mass is 127. The topological polar surface area (TPSA) is 115 Å². The highest BCUT2D eigenvalue weighted by molar-refractivity contribution is 14.1. The van der Waals surface area contributed by atoms with E-state index in [1.165, 1.54) is 0 Å². The van der Waals surface area contributed by atoms with Crippen LogP contribution in [0.2, 0.25) is 0 Å². The first-order chi connectivity index (χ1) is 21.1.